The number of rotatable bonds is 0. The topological polar surface area (TPSA) is 31.1 Å². The first-order chi connectivity index (χ1) is 5.45. The van der Waals surface area contributed by atoms with Gasteiger partial charge in [-0.3, -0.25) is 5.32 Å². The second kappa shape index (κ2) is 1.80. The van der Waals surface area contributed by atoms with Crippen LogP contribution in [0.2, 0.25) is 0 Å². The van der Waals surface area contributed by atoms with E-state index in [1.165, 1.54) is 11.4 Å². The summed E-state index contributed by atoms with van der Waals surface area (Å²) in [6.45, 7) is 2.30. The maximum absolute atomic E-state index is 3.46. The number of nitrogens with one attached hydrogen (secondary N) is 2. The van der Waals surface area contributed by atoms with E-state index in [9.17, 15) is 0 Å². The molecule has 2 N–H and O–H groups in total. The monoisotopic (exact) mass is 149 g/mol. The molecule has 0 bridgehead atoms. The number of aromatic amines is 1. The minimum Gasteiger partial charge on any atom is -0.363 e. The lowest BCUT2D eigenvalue weighted by atomic mass is 10.3. The molecule has 1 atom stereocenters. The molecule has 58 valence electrons. The Morgan fingerprint density at radius 2 is 2.55 bits per heavy atom. The zero-order valence-electron chi connectivity index (χ0n) is 6.30. The van der Waals surface area contributed by atoms with Crippen molar-refractivity contribution in [3.8, 4) is 0 Å². The molecule has 2 aliphatic heterocycles. The van der Waals surface area contributed by atoms with Gasteiger partial charge in [-0.2, -0.15) is 0 Å². The van der Waals surface area contributed by atoms with Gasteiger partial charge in [0.25, 0.3) is 0 Å². The first-order valence-electron chi connectivity index (χ1n) is 4.11. The van der Waals surface area contributed by atoms with E-state index in [1.807, 2.05) is 6.20 Å². The largest absolute Gasteiger partial charge is 0.363 e. The minimum absolute atomic E-state index is 0.581. The van der Waals surface area contributed by atoms with Gasteiger partial charge in [0, 0.05) is 31.4 Å². The summed E-state index contributed by atoms with van der Waals surface area (Å²) in [4.78, 5) is 5.70. The molecule has 3 nitrogen and oxygen atoms in total. The van der Waals surface area contributed by atoms with E-state index in [1.54, 1.807) is 0 Å². The molecule has 1 aromatic heterocycles. The summed E-state index contributed by atoms with van der Waals surface area (Å²) in [6, 6.07) is 2.17. The number of fused-ring (bicyclic) bond motifs is 3. The molecule has 0 spiro atoms. The molecule has 0 saturated carbocycles. The van der Waals surface area contributed by atoms with Crippen LogP contribution in [0.1, 0.15) is 5.69 Å². The fourth-order valence-electron chi connectivity index (χ4n) is 2.11. The van der Waals surface area contributed by atoms with Crippen molar-refractivity contribution >= 4 is 5.69 Å². The van der Waals surface area contributed by atoms with E-state index in [0.717, 1.165) is 19.5 Å². The van der Waals surface area contributed by atoms with Gasteiger partial charge in [0.1, 0.15) is 0 Å². The quantitative estimate of drug-likeness (QED) is 0.556. The summed E-state index contributed by atoms with van der Waals surface area (Å²) in [5.41, 5.74) is 2.79. The van der Waals surface area contributed by atoms with Crippen molar-refractivity contribution in [1.29, 1.82) is 0 Å². The van der Waals surface area contributed by atoms with Gasteiger partial charge in [0.15, 0.2) is 0 Å². The Morgan fingerprint density at radius 3 is 3.55 bits per heavy atom. The Bertz CT molecular complexity index is 279. The molecule has 2 aliphatic rings. The average Bonchev–Trinajstić information content (AvgIpc) is 2.52. The third kappa shape index (κ3) is 0.613. The molecular weight excluding hydrogens is 138 g/mol. The molecule has 1 aromatic rings. The zero-order valence-corrected chi connectivity index (χ0v) is 6.30. The second-order valence-corrected chi connectivity index (χ2v) is 3.21. The number of nitrogens with zero attached hydrogens (tertiary/aromatic N) is 1. The van der Waals surface area contributed by atoms with Crippen molar-refractivity contribution in [3.63, 3.8) is 0 Å². The Morgan fingerprint density at radius 1 is 1.55 bits per heavy atom. The van der Waals surface area contributed by atoms with Crippen LogP contribution in [0, 0.1) is 0 Å². The molecule has 11 heavy (non-hydrogen) atoms. The summed E-state index contributed by atoms with van der Waals surface area (Å²) < 4.78 is 0. The van der Waals surface area contributed by atoms with Gasteiger partial charge >= 0.3 is 0 Å². The van der Waals surface area contributed by atoms with Crippen molar-refractivity contribution in [2.45, 2.75) is 12.6 Å². The third-order valence-electron chi connectivity index (χ3n) is 2.62. The lowest BCUT2D eigenvalue weighted by molar-refractivity contribution is 0.627. The van der Waals surface area contributed by atoms with Crippen molar-refractivity contribution in [1.82, 2.24) is 10.3 Å². The number of hydrogen-bond acceptors (Lipinski definition) is 2. The van der Waals surface area contributed by atoms with Crippen LogP contribution in [0.25, 0.3) is 0 Å². The molecule has 3 rings (SSSR count). The van der Waals surface area contributed by atoms with Crippen LogP contribution in [0.4, 0.5) is 5.69 Å². The molecule has 0 amide bonds. The standard InChI is InChI=1S/C8H11N3/c1-2-9-6-5-8-10-3-4-11(8)7(1)6/h1-2,8-10H,3-5H2. The van der Waals surface area contributed by atoms with E-state index in [0.29, 0.717) is 6.17 Å². The Balaban J connectivity index is 2.08. The lowest BCUT2D eigenvalue weighted by Gasteiger charge is -2.16. The predicted molar refractivity (Wildman–Crippen MR) is 43.6 cm³/mol. The third-order valence-corrected chi connectivity index (χ3v) is 2.62. The summed E-state index contributed by atoms with van der Waals surface area (Å²) in [5, 5.41) is 3.46. The van der Waals surface area contributed by atoms with Crippen LogP contribution in [0.3, 0.4) is 0 Å². The molecule has 3 heteroatoms. The van der Waals surface area contributed by atoms with Crippen molar-refractivity contribution in [2.24, 2.45) is 0 Å². The molecule has 0 aromatic carbocycles. The second-order valence-electron chi connectivity index (χ2n) is 3.21. The first-order valence-corrected chi connectivity index (χ1v) is 4.11. The Labute approximate surface area is 65.4 Å². The van der Waals surface area contributed by atoms with Gasteiger partial charge in [-0.25, -0.2) is 0 Å². The summed E-state index contributed by atoms with van der Waals surface area (Å²) in [6.07, 6.45) is 3.75. The smallest absolute Gasteiger partial charge is 0.0853 e. The maximum atomic E-state index is 3.46. The van der Waals surface area contributed by atoms with Gasteiger partial charge in [0.2, 0.25) is 0 Å². The van der Waals surface area contributed by atoms with Gasteiger partial charge in [-0.1, -0.05) is 0 Å². The van der Waals surface area contributed by atoms with Crippen LogP contribution in [-0.4, -0.2) is 24.2 Å². The van der Waals surface area contributed by atoms with Gasteiger partial charge < -0.3 is 9.88 Å². The van der Waals surface area contributed by atoms with Crippen molar-refractivity contribution < 1.29 is 0 Å². The number of H-pyrrole nitrogens is 1. The zero-order chi connectivity index (χ0) is 7.26. The normalized spacial score (nSPS) is 27.3. The Kier molecular flexibility index (Phi) is 0.924. The highest BCUT2D eigenvalue weighted by atomic mass is 15.3. The molecule has 1 saturated heterocycles. The molecule has 3 heterocycles. The summed E-state index contributed by atoms with van der Waals surface area (Å²) in [5.74, 6) is 0. The maximum Gasteiger partial charge on any atom is 0.0853 e. The van der Waals surface area contributed by atoms with Crippen molar-refractivity contribution in [3.05, 3.63) is 18.0 Å². The van der Waals surface area contributed by atoms with E-state index in [2.05, 4.69) is 21.3 Å². The molecule has 0 radical (unpaired) electrons. The van der Waals surface area contributed by atoms with Crippen molar-refractivity contribution in [2.75, 3.05) is 18.0 Å². The lowest BCUT2D eigenvalue weighted by Crippen LogP contribution is -2.32. The van der Waals surface area contributed by atoms with Crippen LogP contribution in [0.15, 0.2) is 12.3 Å². The minimum atomic E-state index is 0.581. The van der Waals surface area contributed by atoms with Crippen LogP contribution in [-0.2, 0) is 6.42 Å². The number of anilines is 1. The Hall–Kier alpha value is -0.960. The highest BCUT2D eigenvalue weighted by Crippen LogP contribution is 2.31. The van der Waals surface area contributed by atoms with Gasteiger partial charge in [0.05, 0.1) is 11.9 Å². The van der Waals surface area contributed by atoms with Gasteiger partial charge in [-0.15, -0.1) is 0 Å². The molecule has 0 aliphatic carbocycles. The molecule has 1 fully saturated rings. The predicted octanol–water partition coefficient (Wildman–Crippen LogP) is 0.307. The van der Waals surface area contributed by atoms with E-state index in [4.69, 9.17) is 0 Å². The fraction of sp³-hybridized carbons (Fsp3) is 0.500. The number of aromatic nitrogens is 1. The van der Waals surface area contributed by atoms with Crippen LogP contribution >= 0.6 is 0 Å². The van der Waals surface area contributed by atoms with Crippen LogP contribution < -0.4 is 10.2 Å². The van der Waals surface area contributed by atoms with E-state index < -0.39 is 0 Å². The highest BCUT2D eigenvalue weighted by Gasteiger charge is 2.32. The molecular formula is C8H11N3. The van der Waals surface area contributed by atoms with E-state index in [-0.39, 0.29) is 0 Å². The van der Waals surface area contributed by atoms with E-state index >= 15 is 0 Å². The fourth-order valence-corrected chi connectivity index (χ4v) is 2.11. The summed E-state index contributed by atoms with van der Waals surface area (Å²) >= 11 is 0. The highest BCUT2D eigenvalue weighted by molar-refractivity contribution is 5.57. The SMILES string of the molecule is c1cc2c([nH]1)CC1NCCN21. The summed E-state index contributed by atoms with van der Waals surface area (Å²) in [7, 11) is 0. The van der Waals surface area contributed by atoms with Crippen LogP contribution in [0.5, 0.6) is 0 Å². The van der Waals surface area contributed by atoms with Gasteiger partial charge in [-0.05, 0) is 6.07 Å². The first kappa shape index (κ1) is 5.66. The number of hydrogen-bond donors (Lipinski definition) is 2. The average molecular weight is 149 g/mol. The molecule has 1 unspecified atom stereocenters.